The molecule has 1 heterocycles. The summed E-state index contributed by atoms with van der Waals surface area (Å²) in [7, 11) is 3.72. The summed E-state index contributed by atoms with van der Waals surface area (Å²) >= 11 is 0. The van der Waals surface area contributed by atoms with Gasteiger partial charge in [-0.1, -0.05) is 19.1 Å². The molecule has 0 aromatic heterocycles. The van der Waals surface area contributed by atoms with E-state index in [0.717, 1.165) is 17.5 Å². The number of ether oxygens (including phenoxy) is 1. The largest absolute Gasteiger partial charge is 0.495 e. The zero-order chi connectivity index (χ0) is 21.2. The van der Waals surface area contributed by atoms with Crippen LogP contribution in [-0.2, 0) is 0 Å². The molecule has 0 saturated heterocycles. The molecule has 2 N–H and O–H groups in total. The predicted octanol–water partition coefficient (Wildman–Crippen LogP) is 4.88. The molecular formula is C23H30N4O2. The fourth-order valence-electron chi connectivity index (χ4n) is 3.93. The fraction of sp³-hybridized carbons (Fsp3) is 0.391. The minimum Gasteiger partial charge on any atom is -0.495 e. The SMILES string of the molecule is COc1ccccc1NC(=O)N/N=C/c1cc2c(cc1C)N(C)C(C)(C)CC2C. The van der Waals surface area contributed by atoms with Crippen LogP contribution in [0.3, 0.4) is 0 Å². The third-order valence-electron chi connectivity index (χ3n) is 5.75. The molecule has 1 aliphatic heterocycles. The maximum absolute atomic E-state index is 12.2. The Morgan fingerprint density at radius 1 is 1.31 bits per heavy atom. The van der Waals surface area contributed by atoms with Gasteiger partial charge < -0.3 is 15.0 Å². The first-order chi connectivity index (χ1) is 13.7. The number of amides is 2. The molecule has 6 nitrogen and oxygen atoms in total. The van der Waals surface area contributed by atoms with Gasteiger partial charge in [0.1, 0.15) is 5.75 Å². The Hall–Kier alpha value is -3.02. The lowest BCUT2D eigenvalue weighted by molar-refractivity contribution is 0.252. The molecule has 0 spiro atoms. The van der Waals surface area contributed by atoms with E-state index in [1.54, 1.807) is 25.5 Å². The molecule has 0 radical (unpaired) electrons. The number of hydrogen-bond donors (Lipinski definition) is 2. The highest BCUT2D eigenvalue weighted by molar-refractivity contribution is 5.92. The quantitative estimate of drug-likeness (QED) is 0.574. The van der Waals surface area contributed by atoms with Gasteiger partial charge in [-0.05, 0) is 74.1 Å². The van der Waals surface area contributed by atoms with E-state index in [9.17, 15) is 4.79 Å². The second-order valence-electron chi connectivity index (χ2n) is 8.27. The number of hydrazone groups is 1. The Kier molecular flexibility index (Phi) is 5.82. The highest BCUT2D eigenvalue weighted by Gasteiger charge is 2.34. The van der Waals surface area contributed by atoms with E-state index in [1.807, 2.05) is 12.1 Å². The Bertz CT molecular complexity index is 936. The van der Waals surface area contributed by atoms with Crippen LogP contribution in [0.15, 0.2) is 41.5 Å². The zero-order valence-corrected chi connectivity index (χ0v) is 18.0. The van der Waals surface area contributed by atoms with Crippen LogP contribution in [-0.4, -0.2) is 31.9 Å². The number of aryl methyl sites for hydroxylation is 1. The van der Waals surface area contributed by atoms with Crippen LogP contribution in [0.2, 0.25) is 0 Å². The van der Waals surface area contributed by atoms with E-state index in [2.05, 4.69) is 67.6 Å². The van der Waals surface area contributed by atoms with Crippen molar-refractivity contribution in [1.82, 2.24) is 5.43 Å². The number of carbonyl (C=O) groups is 1. The molecule has 1 atom stereocenters. The summed E-state index contributed by atoms with van der Waals surface area (Å²) < 4.78 is 5.24. The lowest BCUT2D eigenvalue weighted by Crippen LogP contribution is -2.45. The van der Waals surface area contributed by atoms with Crippen LogP contribution in [0.25, 0.3) is 0 Å². The number of benzene rings is 2. The Morgan fingerprint density at radius 3 is 2.76 bits per heavy atom. The summed E-state index contributed by atoms with van der Waals surface area (Å²) in [5.74, 6) is 1.06. The molecular weight excluding hydrogens is 364 g/mol. The number of anilines is 2. The van der Waals surface area contributed by atoms with Crippen molar-refractivity contribution in [2.75, 3.05) is 24.4 Å². The number of para-hydroxylation sites is 2. The van der Waals surface area contributed by atoms with E-state index in [0.29, 0.717) is 17.4 Å². The van der Waals surface area contributed by atoms with Gasteiger partial charge in [0.05, 0.1) is 19.0 Å². The van der Waals surface area contributed by atoms with E-state index < -0.39 is 6.03 Å². The summed E-state index contributed by atoms with van der Waals surface area (Å²) in [6, 6.07) is 11.2. The average molecular weight is 395 g/mol. The molecule has 3 rings (SSSR count). The molecule has 0 bridgehead atoms. The topological polar surface area (TPSA) is 66.0 Å². The lowest BCUT2D eigenvalue weighted by Gasteiger charge is -2.45. The summed E-state index contributed by atoms with van der Waals surface area (Å²) in [6.07, 6.45) is 2.79. The van der Waals surface area contributed by atoms with E-state index in [4.69, 9.17) is 4.74 Å². The third kappa shape index (κ3) is 4.36. The molecule has 0 fully saturated rings. The van der Waals surface area contributed by atoms with Gasteiger partial charge in [-0.15, -0.1) is 0 Å². The van der Waals surface area contributed by atoms with Gasteiger partial charge in [0.15, 0.2) is 0 Å². The van der Waals surface area contributed by atoms with E-state index in [-0.39, 0.29) is 5.54 Å². The third-order valence-corrected chi connectivity index (χ3v) is 5.75. The normalized spacial score (nSPS) is 17.7. The van der Waals surface area contributed by atoms with Crippen molar-refractivity contribution in [2.24, 2.45) is 5.10 Å². The monoisotopic (exact) mass is 394 g/mol. The number of carbonyl (C=O) groups excluding carboxylic acids is 1. The van der Waals surface area contributed by atoms with Crippen LogP contribution in [0.5, 0.6) is 5.75 Å². The number of nitrogens with one attached hydrogen (secondary N) is 2. The van der Waals surface area contributed by atoms with Crippen molar-refractivity contribution >= 4 is 23.6 Å². The van der Waals surface area contributed by atoms with Crippen LogP contribution in [0.4, 0.5) is 16.2 Å². The minimum atomic E-state index is -0.420. The number of methoxy groups -OCH3 is 1. The van der Waals surface area contributed by atoms with Gasteiger partial charge >= 0.3 is 6.03 Å². The number of urea groups is 1. The van der Waals surface area contributed by atoms with Crippen LogP contribution >= 0.6 is 0 Å². The van der Waals surface area contributed by atoms with Gasteiger partial charge in [-0.3, -0.25) is 0 Å². The average Bonchev–Trinajstić information content (AvgIpc) is 2.67. The minimum absolute atomic E-state index is 0.132. The molecule has 2 aromatic rings. The van der Waals surface area contributed by atoms with E-state index in [1.165, 1.54) is 11.3 Å². The summed E-state index contributed by atoms with van der Waals surface area (Å²) in [4.78, 5) is 14.5. The smallest absolute Gasteiger partial charge is 0.339 e. The first kappa shape index (κ1) is 20.7. The molecule has 0 saturated carbocycles. The molecule has 2 aromatic carbocycles. The number of fused-ring (bicyclic) bond motifs is 1. The Labute approximate surface area is 172 Å². The van der Waals surface area contributed by atoms with Crippen molar-refractivity contribution in [1.29, 1.82) is 0 Å². The summed E-state index contributed by atoms with van der Waals surface area (Å²) in [5, 5.41) is 6.87. The van der Waals surface area contributed by atoms with Crippen LogP contribution in [0, 0.1) is 6.92 Å². The highest BCUT2D eigenvalue weighted by Crippen LogP contribution is 2.43. The van der Waals surface area contributed by atoms with Gasteiger partial charge in [0, 0.05) is 18.3 Å². The maximum atomic E-state index is 12.2. The Balaban J connectivity index is 1.73. The fourth-order valence-corrected chi connectivity index (χ4v) is 3.93. The van der Waals surface area contributed by atoms with Crippen molar-refractivity contribution in [3.63, 3.8) is 0 Å². The zero-order valence-electron chi connectivity index (χ0n) is 18.0. The highest BCUT2D eigenvalue weighted by atomic mass is 16.5. The first-order valence-electron chi connectivity index (χ1n) is 9.84. The van der Waals surface area contributed by atoms with Crippen molar-refractivity contribution in [3.05, 3.63) is 53.1 Å². The number of rotatable bonds is 4. The van der Waals surface area contributed by atoms with Gasteiger partial charge in [0.2, 0.25) is 0 Å². The molecule has 2 amide bonds. The van der Waals surface area contributed by atoms with Crippen LogP contribution in [0.1, 0.15) is 49.8 Å². The van der Waals surface area contributed by atoms with Gasteiger partial charge in [0.25, 0.3) is 0 Å². The van der Waals surface area contributed by atoms with Crippen molar-refractivity contribution in [2.45, 2.75) is 45.6 Å². The van der Waals surface area contributed by atoms with Crippen LogP contribution < -0.4 is 20.4 Å². The molecule has 0 aliphatic carbocycles. The molecule has 1 aliphatic rings. The summed E-state index contributed by atoms with van der Waals surface area (Å²) in [5.41, 5.74) is 7.95. The predicted molar refractivity (Wildman–Crippen MR) is 119 cm³/mol. The molecule has 154 valence electrons. The maximum Gasteiger partial charge on any atom is 0.339 e. The Morgan fingerprint density at radius 2 is 2.03 bits per heavy atom. The molecule has 29 heavy (non-hydrogen) atoms. The summed E-state index contributed by atoms with van der Waals surface area (Å²) in [6.45, 7) is 8.89. The van der Waals surface area contributed by atoms with Gasteiger partial charge in [-0.25, -0.2) is 10.2 Å². The molecule has 6 heteroatoms. The lowest BCUT2D eigenvalue weighted by atomic mass is 9.79. The number of nitrogens with zero attached hydrogens (tertiary/aromatic N) is 2. The van der Waals surface area contributed by atoms with E-state index >= 15 is 0 Å². The van der Waals surface area contributed by atoms with Crippen molar-refractivity contribution in [3.8, 4) is 5.75 Å². The van der Waals surface area contributed by atoms with Gasteiger partial charge in [-0.2, -0.15) is 5.10 Å². The second kappa shape index (κ2) is 8.15. The van der Waals surface area contributed by atoms with Crippen molar-refractivity contribution < 1.29 is 9.53 Å². The number of hydrogen-bond acceptors (Lipinski definition) is 4. The first-order valence-corrected chi connectivity index (χ1v) is 9.84. The second-order valence-corrected chi connectivity index (χ2v) is 8.27. The molecule has 1 unspecified atom stereocenters. The standard InChI is InChI=1S/C23H30N4O2/c1-15-11-20-18(16(2)13-23(3,4)27(20)5)12-17(15)14-24-26-22(28)25-19-9-7-8-10-21(19)29-6/h7-12,14,16H,13H2,1-6H3,(H2,25,26,28)/b24-14+.